The summed E-state index contributed by atoms with van der Waals surface area (Å²) in [4.78, 5) is 23.7. The number of piperazine rings is 1. The first kappa shape index (κ1) is 20.7. The van der Waals surface area contributed by atoms with Crippen LogP contribution in [0.1, 0.15) is 12.8 Å². The first-order valence-electron chi connectivity index (χ1n) is 10.2. The van der Waals surface area contributed by atoms with Crippen molar-refractivity contribution in [2.75, 3.05) is 51.3 Å². The number of amides is 1. The number of hydrogen-bond acceptors (Lipinski definition) is 6. The minimum absolute atomic E-state index is 0.0461. The van der Waals surface area contributed by atoms with E-state index >= 15 is 0 Å². The van der Waals surface area contributed by atoms with E-state index in [0.29, 0.717) is 32.5 Å². The maximum atomic E-state index is 13.1. The van der Waals surface area contributed by atoms with Crippen LogP contribution in [0.5, 0.6) is 5.75 Å². The van der Waals surface area contributed by atoms with Gasteiger partial charge >= 0.3 is 0 Å². The average Bonchev–Trinajstić information content (AvgIpc) is 3.35. The minimum atomic E-state index is -3.64. The van der Waals surface area contributed by atoms with E-state index < -0.39 is 10.0 Å². The number of anilines is 1. The molecule has 0 aliphatic carbocycles. The zero-order valence-electron chi connectivity index (χ0n) is 17.0. The summed E-state index contributed by atoms with van der Waals surface area (Å²) in [6.07, 6.45) is 4.04. The van der Waals surface area contributed by atoms with Crippen molar-refractivity contribution in [1.82, 2.24) is 19.2 Å². The summed E-state index contributed by atoms with van der Waals surface area (Å²) in [5.41, 5.74) is 1.08. The third-order valence-electron chi connectivity index (χ3n) is 5.83. The molecule has 2 saturated heterocycles. The van der Waals surface area contributed by atoms with Crippen molar-refractivity contribution in [1.29, 1.82) is 0 Å². The smallest absolute Gasteiger partial charge is 0.260 e. The molecule has 1 aromatic carbocycles. The molecule has 30 heavy (non-hydrogen) atoms. The third kappa shape index (κ3) is 4.15. The topological polar surface area (TPSA) is 98.8 Å². The first-order chi connectivity index (χ1) is 14.5. The average molecular weight is 434 g/mol. The van der Waals surface area contributed by atoms with Crippen LogP contribution < -0.4 is 9.64 Å². The Morgan fingerprint density at radius 3 is 2.70 bits per heavy atom. The molecule has 2 aliphatic heterocycles. The Labute approximate surface area is 176 Å². The molecular weight excluding hydrogens is 406 g/mol. The number of piperidine rings is 1. The number of benzene rings is 1. The Kier molecular flexibility index (Phi) is 5.96. The van der Waals surface area contributed by atoms with Gasteiger partial charge in [-0.15, -0.1) is 0 Å². The lowest BCUT2D eigenvalue weighted by atomic mass is 9.97. The van der Waals surface area contributed by atoms with Crippen LogP contribution in [0.25, 0.3) is 0 Å². The minimum Gasteiger partial charge on any atom is -0.497 e. The van der Waals surface area contributed by atoms with Gasteiger partial charge in [0.05, 0.1) is 25.6 Å². The largest absolute Gasteiger partial charge is 0.497 e. The van der Waals surface area contributed by atoms with Crippen molar-refractivity contribution in [2.45, 2.75) is 17.9 Å². The second kappa shape index (κ2) is 8.65. The quantitative estimate of drug-likeness (QED) is 0.760. The number of methoxy groups -OCH3 is 1. The molecular formula is C20H27N5O4S. The van der Waals surface area contributed by atoms with E-state index in [9.17, 15) is 13.2 Å². The summed E-state index contributed by atoms with van der Waals surface area (Å²) in [6, 6.07) is 7.91. The Morgan fingerprint density at radius 1 is 1.20 bits per heavy atom. The molecule has 1 N–H and O–H groups in total. The van der Waals surface area contributed by atoms with E-state index in [1.54, 1.807) is 7.11 Å². The second-order valence-electron chi connectivity index (χ2n) is 7.63. The van der Waals surface area contributed by atoms with Gasteiger partial charge < -0.3 is 19.5 Å². The summed E-state index contributed by atoms with van der Waals surface area (Å²) in [5, 5.41) is 0.0718. The number of aromatic nitrogens is 2. The van der Waals surface area contributed by atoms with Crippen LogP contribution in [0, 0.1) is 5.92 Å². The van der Waals surface area contributed by atoms with Gasteiger partial charge in [-0.05, 0) is 25.0 Å². The first-order valence-corrected chi connectivity index (χ1v) is 11.6. The molecule has 0 unspecified atom stereocenters. The number of carbonyl (C=O) groups is 1. The van der Waals surface area contributed by atoms with Gasteiger partial charge in [0.1, 0.15) is 5.75 Å². The maximum absolute atomic E-state index is 13.1. The van der Waals surface area contributed by atoms with Crippen molar-refractivity contribution in [3.05, 3.63) is 36.8 Å². The SMILES string of the molecule is COc1cccc(N2CCN(C(=O)[C@@H]3CCCN(S(=O)(=O)c4cnc[nH]4)C3)CC2)c1. The van der Waals surface area contributed by atoms with E-state index in [1.165, 1.54) is 16.8 Å². The fraction of sp³-hybridized carbons (Fsp3) is 0.500. The van der Waals surface area contributed by atoms with E-state index in [-0.39, 0.29) is 23.4 Å². The molecule has 1 aromatic heterocycles. The lowest BCUT2D eigenvalue weighted by Gasteiger charge is -2.39. The molecule has 2 aliphatic rings. The predicted octanol–water partition coefficient (Wildman–Crippen LogP) is 1.17. The summed E-state index contributed by atoms with van der Waals surface area (Å²) in [5.74, 6) is 0.552. The van der Waals surface area contributed by atoms with Crippen LogP contribution in [0.4, 0.5) is 5.69 Å². The number of imidazole rings is 1. The van der Waals surface area contributed by atoms with Gasteiger partial charge in [0.15, 0.2) is 5.03 Å². The van der Waals surface area contributed by atoms with Crippen molar-refractivity contribution in [3.63, 3.8) is 0 Å². The highest BCUT2D eigenvalue weighted by molar-refractivity contribution is 7.89. The van der Waals surface area contributed by atoms with Gasteiger partial charge in [0.25, 0.3) is 10.0 Å². The van der Waals surface area contributed by atoms with E-state index in [0.717, 1.165) is 24.5 Å². The molecule has 4 rings (SSSR count). The van der Waals surface area contributed by atoms with E-state index in [1.807, 2.05) is 29.2 Å². The zero-order valence-corrected chi connectivity index (χ0v) is 17.8. The fourth-order valence-electron chi connectivity index (χ4n) is 4.14. The van der Waals surface area contributed by atoms with Crippen LogP contribution in [-0.4, -0.2) is 79.9 Å². The molecule has 0 saturated carbocycles. The number of nitrogens with one attached hydrogen (secondary N) is 1. The van der Waals surface area contributed by atoms with Crippen molar-refractivity contribution in [2.24, 2.45) is 5.92 Å². The predicted molar refractivity (Wildman–Crippen MR) is 112 cm³/mol. The zero-order chi connectivity index (χ0) is 21.1. The number of H-pyrrole nitrogens is 1. The Hall–Kier alpha value is -2.59. The molecule has 2 fully saturated rings. The lowest BCUT2D eigenvalue weighted by Crippen LogP contribution is -2.53. The molecule has 0 bridgehead atoms. The van der Waals surface area contributed by atoms with E-state index in [2.05, 4.69) is 14.9 Å². The summed E-state index contributed by atoms with van der Waals surface area (Å²) < 4.78 is 32.2. The van der Waals surface area contributed by atoms with Crippen LogP contribution in [0.2, 0.25) is 0 Å². The Bertz CT molecular complexity index is 971. The molecule has 10 heteroatoms. The van der Waals surface area contributed by atoms with Gasteiger partial charge in [-0.2, -0.15) is 4.31 Å². The lowest BCUT2D eigenvalue weighted by molar-refractivity contribution is -0.137. The maximum Gasteiger partial charge on any atom is 0.260 e. The molecule has 1 amide bonds. The van der Waals surface area contributed by atoms with Crippen molar-refractivity contribution >= 4 is 21.6 Å². The van der Waals surface area contributed by atoms with Crippen LogP contribution in [-0.2, 0) is 14.8 Å². The standard InChI is InChI=1S/C20H27N5O4S/c1-29-18-6-2-5-17(12-18)23-8-10-24(11-9-23)20(26)16-4-3-7-25(14-16)30(27,28)19-13-21-15-22-19/h2,5-6,12-13,15-16H,3-4,7-11,14H2,1H3,(H,21,22)/t16-/m1/s1. The van der Waals surface area contributed by atoms with Gasteiger partial charge in [-0.3, -0.25) is 4.79 Å². The van der Waals surface area contributed by atoms with Crippen LogP contribution >= 0.6 is 0 Å². The Balaban J connectivity index is 1.37. The highest BCUT2D eigenvalue weighted by Gasteiger charge is 2.36. The number of ether oxygens (including phenoxy) is 1. The monoisotopic (exact) mass is 433 g/mol. The number of rotatable bonds is 5. The number of nitrogens with zero attached hydrogens (tertiary/aromatic N) is 4. The fourth-order valence-corrected chi connectivity index (χ4v) is 5.56. The molecule has 0 radical (unpaired) electrons. The molecule has 3 heterocycles. The number of hydrogen-bond donors (Lipinski definition) is 1. The summed E-state index contributed by atoms with van der Waals surface area (Å²) >= 11 is 0. The van der Waals surface area contributed by atoms with Gasteiger partial charge in [-0.25, -0.2) is 13.4 Å². The molecule has 2 aromatic rings. The summed E-state index contributed by atoms with van der Waals surface area (Å²) in [7, 11) is -1.99. The van der Waals surface area contributed by atoms with Gasteiger partial charge in [-0.1, -0.05) is 6.07 Å². The number of carbonyl (C=O) groups excluding carboxylic acids is 1. The van der Waals surface area contributed by atoms with Crippen LogP contribution in [0.3, 0.4) is 0 Å². The highest BCUT2D eigenvalue weighted by atomic mass is 32.2. The molecule has 1 atom stereocenters. The molecule has 0 spiro atoms. The normalized spacial score (nSPS) is 20.9. The van der Waals surface area contributed by atoms with Crippen molar-refractivity contribution in [3.8, 4) is 5.75 Å². The third-order valence-corrected chi connectivity index (χ3v) is 7.62. The number of sulfonamides is 1. The Morgan fingerprint density at radius 2 is 2.00 bits per heavy atom. The van der Waals surface area contributed by atoms with Crippen LogP contribution in [0.15, 0.2) is 41.8 Å². The summed E-state index contributed by atoms with van der Waals surface area (Å²) in [6.45, 7) is 3.37. The van der Waals surface area contributed by atoms with E-state index in [4.69, 9.17) is 4.74 Å². The molecule has 162 valence electrons. The second-order valence-corrected chi connectivity index (χ2v) is 9.54. The highest BCUT2D eigenvalue weighted by Crippen LogP contribution is 2.26. The van der Waals surface area contributed by atoms with Gasteiger partial charge in [0.2, 0.25) is 5.91 Å². The van der Waals surface area contributed by atoms with Crippen molar-refractivity contribution < 1.29 is 17.9 Å². The van der Waals surface area contributed by atoms with Gasteiger partial charge in [0, 0.05) is 51.0 Å². The molecule has 9 nitrogen and oxygen atoms in total. The number of aromatic amines is 1.